The summed E-state index contributed by atoms with van der Waals surface area (Å²) in [6.07, 6.45) is 3.06. The van der Waals surface area contributed by atoms with E-state index < -0.39 is 10.3 Å². The van der Waals surface area contributed by atoms with Crippen LogP contribution in [0.25, 0.3) is 0 Å². The van der Waals surface area contributed by atoms with Crippen molar-refractivity contribution in [3.05, 3.63) is 23.8 Å². The van der Waals surface area contributed by atoms with Crippen molar-refractivity contribution in [3.63, 3.8) is 0 Å². The van der Waals surface area contributed by atoms with Crippen LogP contribution in [-0.2, 0) is 9.53 Å². The highest BCUT2D eigenvalue weighted by molar-refractivity contribution is 9.10. The predicted octanol–water partition coefficient (Wildman–Crippen LogP) is 4.16. The Morgan fingerprint density at radius 3 is 2.29 bits per heavy atom. The molecular formula is C18H25BrO5. The fourth-order valence-corrected chi connectivity index (χ4v) is 3.00. The number of Topliss-reactive ketones (excluding diaryl/α,β-unsaturated/α-hetero) is 1. The molecule has 0 aliphatic heterocycles. The first-order valence-corrected chi connectivity index (χ1v) is 8.86. The molecule has 6 heteroatoms. The minimum atomic E-state index is -1.38. The summed E-state index contributed by atoms with van der Waals surface area (Å²) in [7, 11) is 3.03. The number of hydrogen-bond acceptors (Lipinski definition) is 5. The minimum absolute atomic E-state index is 0.221. The Morgan fingerprint density at radius 1 is 1.08 bits per heavy atom. The van der Waals surface area contributed by atoms with E-state index in [0.717, 1.165) is 19.3 Å². The Bertz CT molecular complexity index is 573. The Hall–Kier alpha value is -1.56. The van der Waals surface area contributed by atoms with Crippen molar-refractivity contribution in [1.29, 1.82) is 0 Å². The maximum absolute atomic E-state index is 13.0. The van der Waals surface area contributed by atoms with Crippen LogP contribution in [0.1, 0.15) is 49.9 Å². The molecule has 0 N–H and O–H groups in total. The second kappa shape index (κ2) is 9.67. The number of halogens is 1. The van der Waals surface area contributed by atoms with Gasteiger partial charge in [0, 0.05) is 5.56 Å². The van der Waals surface area contributed by atoms with E-state index in [1.807, 2.05) is 0 Å². The molecule has 0 heterocycles. The number of alkyl halides is 1. The van der Waals surface area contributed by atoms with E-state index in [9.17, 15) is 9.59 Å². The van der Waals surface area contributed by atoms with Gasteiger partial charge in [-0.25, -0.2) is 0 Å². The topological polar surface area (TPSA) is 61.8 Å². The molecule has 1 rings (SSSR count). The number of carbonyl (C=O) groups excluding carboxylic acids is 2. The maximum Gasteiger partial charge on any atom is 0.330 e. The van der Waals surface area contributed by atoms with Gasteiger partial charge in [0.2, 0.25) is 0 Å². The monoisotopic (exact) mass is 400 g/mol. The van der Waals surface area contributed by atoms with E-state index in [4.69, 9.17) is 14.2 Å². The third-order valence-electron chi connectivity index (χ3n) is 3.73. The highest BCUT2D eigenvalue weighted by atomic mass is 79.9. The summed E-state index contributed by atoms with van der Waals surface area (Å²) in [4.78, 5) is 25.4. The lowest BCUT2D eigenvalue weighted by atomic mass is 9.91. The third-order valence-corrected chi connectivity index (χ3v) is 4.81. The highest BCUT2D eigenvalue weighted by Crippen LogP contribution is 2.35. The molecule has 5 nitrogen and oxygen atoms in total. The largest absolute Gasteiger partial charge is 0.493 e. The van der Waals surface area contributed by atoms with Gasteiger partial charge in [0.15, 0.2) is 21.6 Å². The van der Waals surface area contributed by atoms with Crippen molar-refractivity contribution in [2.24, 2.45) is 0 Å². The molecule has 1 aromatic rings. The average Bonchev–Trinajstić information content (AvgIpc) is 2.60. The van der Waals surface area contributed by atoms with Gasteiger partial charge in [0.25, 0.3) is 0 Å². The van der Waals surface area contributed by atoms with Crippen molar-refractivity contribution in [2.75, 3.05) is 20.8 Å². The molecule has 0 amide bonds. The summed E-state index contributed by atoms with van der Waals surface area (Å²) in [5.74, 6) is 0.0749. The van der Waals surface area contributed by atoms with Crippen molar-refractivity contribution in [1.82, 2.24) is 0 Å². The Morgan fingerprint density at radius 2 is 1.75 bits per heavy atom. The number of ketones is 1. The van der Waals surface area contributed by atoms with Crippen LogP contribution >= 0.6 is 15.9 Å². The summed E-state index contributed by atoms with van der Waals surface area (Å²) in [6, 6.07) is 4.85. The van der Waals surface area contributed by atoms with E-state index in [0.29, 0.717) is 23.5 Å². The van der Waals surface area contributed by atoms with Crippen LogP contribution < -0.4 is 9.47 Å². The molecule has 0 aliphatic rings. The number of benzene rings is 1. The van der Waals surface area contributed by atoms with Crippen LogP contribution in [-0.4, -0.2) is 36.9 Å². The van der Waals surface area contributed by atoms with E-state index in [1.54, 1.807) is 25.1 Å². The van der Waals surface area contributed by atoms with Gasteiger partial charge in [-0.15, -0.1) is 0 Å². The highest BCUT2D eigenvalue weighted by Gasteiger charge is 2.44. The fourth-order valence-electron chi connectivity index (χ4n) is 2.38. The first-order valence-electron chi connectivity index (χ1n) is 8.07. The lowest BCUT2D eigenvalue weighted by Gasteiger charge is -2.24. The molecule has 0 aliphatic carbocycles. The first kappa shape index (κ1) is 20.5. The van der Waals surface area contributed by atoms with Gasteiger partial charge < -0.3 is 14.2 Å². The maximum atomic E-state index is 13.0. The molecule has 0 saturated carbocycles. The van der Waals surface area contributed by atoms with Crippen LogP contribution in [0.4, 0.5) is 0 Å². The minimum Gasteiger partial charge on any atom is -0.493 e. The smallest absolute Gasteiger partial charge is 0.330 e. The zero-order valence-corrected chi connectivity index (χ0v) is 16.3. The number of rotatable bonds is 10. The lowest BCUT2D eigenvalue weighted by Crippen LogP contribution is -2.42. The number of hydrogen-bond donors (Lipinski definition) is 0. The van der Waals surface area contributed by atoms with Gasteiger partial charge in [0.05, 0.1) is 20.8 Å². The first-order chi connectivity index (χ1) is 11.4. The lowest BCUT2D eigenvalue weighted by molar-refractivity contribution is -0.144. The number of methoxy groups -OCH3 is 2. The second-order valence-corrected chi connectivity index (χ2v) is 6.73. The number of carbonyl (C=O) groups is 2. The SMILES string of the molecule is CCCCCC(Br)(C(=O)OCC)C(=O)c1ccc(OC)c(OC)c1. The third kappa shape index (κ3) is 4.72. The van der Waals surface area contributed by atoms with Crippen LogP contribution in [0, 0.1) is 0 Å². The molecule has 134 valence electrons. The summed E-state index contributed by atoms with van der Waals surface area (Å²) < 4.78 is 14.2. The molecule has 24 heavy (non-hydrogen) atoms. The average molecular weight is 401 g/mol. The molecule has 1 atom stereocenters. The van der Waals surface area contributed by atoms with Crippen LogP contribution in [0.2, 0.25) is 0 Å². The molecule has 0 radical (unpaired) electrons. The van der Waals surface area contributed by atoms with Crippen LogP contribution in [0.5, 0.6) is 11.5 Å². The van der Waals surface area contributed by atoms with E-state index >= 15 is 0 Å². The number of esters is 1. The molecule has 0 bridgehead atoms. The van der Waals surface area contributed by atoms with E-state index in [1.165, 1.54) is 14.2 Å². The summed E-state index contributed by atoms with van der Waals surface area (Å²) in [5.41, 5.74) is 0.370. The van der Waals surface area contributed by atoms with Gasteiger partial charge in [-0.2, -0.15) is 0 Å². The predicted molar refractivity (Wildman–Crippen MR) is 96.3 cm³/mol. The zero-order chi connectivity index (χ0) is 18.2. The molecule has 1 unspecified atom stereocenters. The van der Waals surface area contributed by atoms with Crippen molar-refractivity contribution in [2.45, 2.75) is 43.9 Å². The van der Waals surface area contributed by atoms with Gasteiger partial charge in [-0.05, 0) is 31.5 Å². The van der Waals surface area contributed by atoms with Crippen molar-refractivity contribution >= 4 is 27.7 Å². The summed E-state index contributed by atoms with van der Waals surface area (Å²) in [6.45, 7) is 4.01. The van der Waals surface area contributed by atoms with Crippen molar-refractivity contribution < 1.29 is 23.8 Å². The number of unbranched alkanes of at least 4 members (excludes halogenated alkanes) is 2. The van der Waals surface area contributed by atoms with Crippen molar-refractivity contribution in [3.8, 4) is 11.5 Å². The van der Waals surface area contributed by atoms with E-state index in [-0.39, 0.29) is 12.4 Å². The summed E-state index contributed by atoms with van der Waals surface area (Å²) >= 11 is 3.37. The number of ether oxygens (including phenoxy) is 3. The fraction of sp³-hybridized carbons (Fsp3) is 0.556. The quantitative estimate of drug-likeness (QED) is 0.194. The molecule has 0 spiro atoms. The van der Waals surface area contributed by atoms with Crippen LogP contribution in [0.3, 0.4) is 0 Å². The normalized spacial score (nSPS) is 13.0. The standard InChI is InChI=1S/C18H25BrO5/c1-5-7-8-11-18(19,17(21)24-6-2)16(20)13-9-10-14(22-3)15(12-13)23-4/h9-10,12H,5-8,11H2,1-4H3. The second-order valence-electron chi connectivity index (χ2n) is 5.38. The van der Waals surface area contributed by atoms with Crippen LogP contribution in [0.15, 0.2) is 18.2 Å². The molecule has 0 aromatic heterocycles. The van der Waals surface area contributed by atoms with Gasteiger partial charge in [-0.3, -0.25) is 9.59 Å². The Kier molecular flexibility index (Phi) is 8.25. The van der Waals surface area contributed by atoms with E-state index in [2.05, 4.69) is 22.9 Å². The molecule has 0 saturated heterocycles. The zero-order valence-electron chi connectivity index (χ0n) is 14.7. The molecular weight excluding hydrogens is 376 g/mol. The van der Waals surface area contributed by atoms with Gasteiger partial charge >= 0.3 is 5.97 Å². The summed E-state index contributed by atoms with van der Waals surface area (Å²) in [5, 5.41) is 0. The molecule has 0 fully saturated rings. The van der Waals surface area contributed by atoms with Gasteiger partial charge in [-0.1, -0.05) is 42.1 Å². The van der Waals surface area contributed by atoms with Gasteiger partial charge in [0.1, 0.15) is 0 Å². The Labute approximate surface area is 151 Å². The Balaban J connectivity index is 3.17. The molecule has 1 aromatic carbocycles.